The topological polar surface area (TPSA) is 62.4 Å². The maximum atomic E-state index is 9.63. The molecule has 1 aromatic heterocycles. The molecule has 2 atom stereocenters. The summed E-state index contributed by atoms with van der Waals surface area (Å²) < 4.78 is 5.31. The highest BCUT2D eigenvalue weighted by molar-refractivity contribution is 6.30. The van der Waals surface area contributed by atoms with E-state index in [4.69, 9.17) is 16.1 Å². The van der Waals surface area contributed by atoms with Crippen molar-refractivity contribution in [2.45, 2.75) is 25.9 Å². The van der Waals surface area contributed by atoms with Crippen LogP contribution in [0.2, 0.25) is 5.02 Å². The third kappa shape index (κ3) is 3.66. The lowest BCUT2D eigenvalue weighted by atomic mass is 10.0. The maximum absolute atomic E-state index is 9.63. The van der Waals surface area contributed by atoms with Gasteiger partial charge in [-0.25, -0.2) is 0 Å². The van der Waals surface area contributed by atoms with Crippen LogP contribution in [-0.4, -0.2) is 45.9 Å². The van der Waals surface area contributed by atoms with Crippen molar-refractivity contribution < 1.29 is 9.63 Å². The van der Waals surface area contributed by atoms with E-state index in [9.17, 15) is 5.11 Å². The Labute approximate surface area is 134 Å². The van der Waals surface area contributed by atoms with E-state index < -0.39 is 0 Å². The minimum absolute atomic E-state index is 0.233. The number of rotatable bonds is 5. The van der Waals surface area contributed by atoms with Crippen LogP contribution in [0.1, 0.15) is 19.2 Å². The van der Waals surface area contributed by atoms with Crippen LogP contribution in [0.15, 0.2) is 28.8 Å². The molecule has 1 N–H and O–H groups in total. The summed E-state index contributed by atoms with van der Waals surface area (Å²) in [5.74, 6) is 1.58. The van der Waals surface area contributed by atoms with Gasteiger partial charge in [0.1, 0.15) is 0 Å². The van der Waals surface area contributed by atoms with E-state index in [1.807, 2.05) is 31.2 Å². The molecule has 1 fully saturated rings. The Balaban J connectivity index is 1.56. The Morgan fingerprint density at radius 3 is 3.09 bits per heavy atom. The number of benzene rings is 1. The summed E-state index contributed by atoms with van der Waals surface area (Å²) in [5.41, 5.74) is 0.859. The van der Waals surface area contributed by atoms with Crippen molar-refractivity contribution >= 4 is 11.6 Å². The fourth-order valence-corrected chi connectivity index (χ4v) is 3.00. The van der Waals surface area contributed by atoms with E-state index >= 15 is 0 Å². The van der Waals surface area contributed by atoms with Crippen molar-refractivity contribution in [3.8, 4) is 11.4 Å². The summed E-state index contributed by atoms with van der Waals surface area (Å²) in [5, 5.41) is 14.3. The smallest absolute Gasteiger partial charge is 0.228 e. The van der Waals surface area contributed by atoms with Crippen LogP contribution < -0.4 is 0 Å². The number of nitrogens with zero attached hydrogens (tertiary/aromatic N) is 3. The molecule has 0 radical (unpaired) electrons. The van der Waals surface area contributed by atoms with Gasteiger partial charge in [0, 0.05) is 30.1 Å². The van der Waals surface area contributed by atoms with Gasteiger partial charge in [-0.1, -0.05) is 28.9 Å². The van der Waals surface area contributed by atoms with Gasteiger partial charge in [0.05, 0.1) is 6.10 Å². The standard InChI is InChI=1S/C16H20ClN3O2/c1-11(21)13-5-7-20(10-13)8-6-15-18-16(19-22-15)12-3-2-4-14(17)9-12/h2-4,9,11,13,21H,5-8,10H2,1H3. The lowest BCUT2D eigenvalue weighted by molar-refractivity contribution is 0.127. The zero-order valence-corrected chi connectivity index (χ0v) is 13.3. The molecule has 118 valence electrons. The number of aliphatic hydroxyl groups excluding tert-OH is 1. The molecule has 2 heterocycles. The minimum atomic E-state index is -0.233. The molecule has 0 saturated carbocycles. The molecule has 22 heavy (non-hydrogen) atoms. The highest BCUT2D eigenvalue weighted by Crippen LogP contribution is 2.21. The molecule has 0 spiro atoms. The fourth-order valence-electron chi connectivity index (χ4n) is 2.81. The number of hydrogen-bond acceptors (Lipinski definition) is 5. The Kier molecular flexibility index (Phi) is 4.76. The van der Waals surface area contributed by atoms with Gasteiger partial charge in [0.25, 0.3) is 0 Å². The SMILES string of the molecule is CC(O)C1CCN(CCc2nc(-c3cccc(Cl)c3)no2)C1. The first-order chi connectivity index (χ1) is 10.6. The van der Waals surface area contributed by atoms with E-state index in [0.29, 0.717) is 22.7 Å². The second-order valence-corrected chi connectivity index (χ2v) is 6.30. The minimum Gasteiger partial charge on any atom is -0.393 e. The molecule has 1 aliphatic heterocycles. The predicted molar refractivity (Wildman–Crippen MR) is 84.7 cm³/mol. The molecular formula is C16H20ClN3O2. The first kappa shape index (κ1) is 15.5. The summed E-state index contributed by atoms with van der Waals surface area (Å²) in [4.78, 5) is 6.76. The van der Waals surface area contributed by atoms with Crippen molar-refractivity contribution in [1.29, 1.82) is 0 Å². The van der Waals surface area contributed by atoms with E-state index in [1.165, 1.54) is 0 Å². The van der Waals surface area contributed by atoms with Crippen LogP contribution in [0.25, 0.3) is 11.4 Å². The number of likely N-dealkylation sites (tertiary alicyclic amines) is 1. The number of aliphatic hydroxyl groups is 1. The summed E-state index contributed by atoms with van der Waals surface area (Å²) in [6.45, 7) is 4.70. The number of aromatic nitrogens is 2. The molecular weight excluding hydrogens is 302 g/mol. The molecule has 1 aliphatic rings. The van der Waals surface area contributed by atoms with Gasteiger partial charge in [0.2, 0.25) is 11.7 Å². The maximum Gasteiger partial charge on any atom is 0.228 e. The third-order valence-corrected chi connectivity index (χ3v) is 4.42. The van der Waals surface area contributed by atoms with Crippen molar-refractivity contribution in [2.75, 3.05) is 19.6 Å². The molecule has 1 aromatic carbocycles. The van der Waals surface area contributed by atoms with Crippen LogP contribution >= 0.6 is 11.6 Å². The van der Waals surface area contributed by atoms with Gasteiger partial charge in [-0.2, -0.15) is 4.98 Å². The lowest BCUT2D eigenvalue weighted by Gasteiger charge is -2.16. The summed E-state index contributed by atoms with van der Waals surface area (Å²) >= 11 is 5.97. The van der Waals surface area contributed by atoms with Gasteiger partial charge in [0.15, 0.2) is 0 Å². The largest absolute Gasteiger partial charge is 0.393 e. The van der Waals surface area contributed by atoms with Gasteiger partial charge in [-0.05, 0) is 37.9 Å². The number of hydrogen-bond donors (Lipinski definition) is 1. The summed E-state index contributed by atoms with van der Waals surface area (Å²) in [7, 11) is 0. The van der Waals surface area contributed by atoms with Crippen LogP contribution in [-0.2, 0) is 6.42 Å². The monoisotopic (exact) mass is 321 g/mol. The van der Waals surface area contributed by atoms with Crippen molar-refractivity contribution in [2.24, 2.45) is 5.92 Å². The summed E-state index contributed by atoms with van der Waals surface area (Å²) in [6.07, 6.45) is 1.54. The average Bonchev–Trinajstić information content (AvgIpc) is 3.14. The van der Waals surface area contributed by atoms with Crippen molar-refractivity contribution in [3.63, 3.8) is 0 Å². The van der Waals surface area contributed by atoms with E-state index in [2.05, 4.69) is 15.0 Å². The molecule has 6 heteroatoms. The quantitative estimate of drug-likeness (QED) is 0.917. The van der Waals surface area contributed by atoms with Crippen LogP contribution in [0, 0.1) is 5.92 Å². The van der Waals surface area contributed by atoms with Crippen LogP contribution in [0.4, 0.5) is 0 Å². The Morgan fingerprint density at radius 1 is 1.50 bits per heavy atom. The lowest BCUT2D eigenvalue weighted by Crippen LogP contribution is -2.26. The van der Waals surface area contributed by atoms with Gasteiger partial charge < -0.3 is 14.5 Å². The molecule has 2 aromatic rings. The Bertz CT molecular complexity index is 629. The Hall–Kier alpha value is -1.43. The average molecular weight is 322 g/mol. The Morgan fingerprint density at radius 2 is 2.36 bits per heavy atom. The van der Waals surface area contributed by atoms with Crippen LogP contribution in [0.5, 0.6) is 0 Å². The normalized spacial score (nSPS) is 20.4. The highest BCUT2D eigenvalue weighted by atomic mass is 35.5. The molecule has 5 nitrogen and oxygen atoms in total. The molecule has 1 saturated heterocycles. The second-order valence-electron chi connectivity index (χ2n) is 5.86. The zero-order chi connectivity index (χ0) is 15.5. The zero-order valence-electron chi connectivity index (χ0n) is 12.6. The molecule has 3 rings (SSSR count). The van der Waals surface area contributed by atoms with E-state index in [-0.39, 0.29) is 6.10 Å². The van der Waals surface area contributed by atoms with Gasteiger partial charge >= 0.3 is 0 Å². The second kappa shape index (κ2) is 6.77. The summed E-state index contributed by atoms with van der Waals surface area (Å²) in [6, 6.07) is 7.42. The van der Waals surface area contributed by atoms with Crippen LogP contribution in [0.3, 0.4) is 0 Å². The van der Waals surface area contributed by atoms with Crippen molar-refractivity contribution in [1.82, 2.24) is 15.0 Å². The molecule has 2 unspecified atom stereocenters. The fraction of sp³-hybridized carbons (Fsp3) is 0.500. The first-order valence-corrected chi connectivity index (χ1v) is 7.98. The van der Waals surface area contributed by atoms with E-state index in [0.717, 1.165) is 38.0 Å². The highest BCUT2D eigenvalue weighted by Gasteiger charge is 2.25. The first-order valence-electron chi connectivity index (χ1n) is 7.61. The number of halogens is 1. The van der Waals surface area contributed by atoms with E-state index in [1.54, 1.807) is 0 Å². The molecule has 0 aliphatic carbocycles. The third-order valence-electron chi connectivity index (χ3n) is 4.18. The van der Waals surface area contributed by atoms with Gasteiger partial charge in [-0.15, -0.1) is 0 Å². The predicted octanol–water partition coefficient (Wildman–Crippen LogP) is 2.64. The molecule has 0 bridgehead atoms. The molecule has 0 amide bonds. The van der Waals surface area contributed by atoms with Gasteiger partial charge in [-0.3, -0.25) is 0 Å². The van der Waals surface area contributed by atoms with Crippen molar-refractivity contribution in [3.05, 3.63) is 35.2 Å².